The van der Waals surface area contributed by atoms with Gasteiger partial charge in [-0.15, -0.1) is 0 Å². The van der Waals surface area contributed by atoms with Gasteiger partial charge in [0.25, 0.3) is 0 Å². The second-order valence-corrected chi connectivity index (χ2v) is 7.01. The van der Waals surface area contributed by atoms with E-state index in [0.29, 0.717) is 18.1 Å². The molecule has 2 aliphatic heterocycles. The molecule has 21 heavy (non-hydrogen) atoms. The zero-order valence-electron chi connectivity index (χ0n) is 13.2. The highest BCUT2D eigenvalue weighted by molar-refractivity contribution is 4.95. The van der Waals surface area contributed by atoms with E-state index >= 15 is 0 Å². The molecule has 2 saturated heterocycles. The second kappa shape index (κ2) is 6.92. The number of nitrogens with one attached hydrogen (secondary N) is 1. The van der Waals surface area contributed by atoms with Crippen molar-refractivity contribution in [3.8, 4) is 0 Å². The third kappa shape index (κ3) is 3.59. The van der Waals surface area contributed by atoms with Crippen molar-refractivity contribution >= 4 is 0 Å². The minimum atomic E-state index is -0.0223. The lowest BCUT2D eigenvalue weighted by Crippen LogP contribution is -2.50. The van der Waals surface area contributed by atoms with E-state index in [0.717, 1.165) is 51.6 Å². The summed E-state index contributed by atoms with van der Waals surface area (Å²) >= 11 is 0. The first-order valence-electron chi connectivity index (χ1n) is 8.54. The maximum absolute atomic E-state index is 6.03. The molecule has 1 saturated carbocycles. The summed E-state index contributed by atoms with van der Waals surface area (Å²) in [6.07, 6.45) is 7.29. The van der Waals surface area contributed by atoms with Crippen LogP contribution in [0.15, 0.2) is 0 Å². The van der Waals surface area contributed by atoms with E-state index in [-0.39, 0.29) is 5.60 Å². The van der Waals surface area contributed by atoms with Crippen molar-refractivity contribution in [1.82, 2.24) is 5.43 Å². The van der Waals surface area contributed by atoms with E-state index in [9.17, 15) is 0 Å². The lowest BCUT2D eigenvalue weighted by Gasteiger charge is -2.43. The fourth-order valence-corrected chi connectivity index (χ4v) is 4.27. The quantitative estimate of drug-likeness (QED) is 0.576. The SMILES string of the molecule is CCOC1CC(CC(NN)C2CCOC3(CCOC3)C2)C1. The molecule has 3 fully saturated rings. The van der Waals surface area contributed by atoms with Gasteiger partial charge >= 0.3 is 0 Å². The highest BCUT2D eigenvalue weighted by Crippen LogP contribution is 2.40. The van der Waals surface area contributed by atoms with Crippen LogP contribution in [0.3, 0.4) is 0 Å². The Balaban J connectivity index is 1.49. The molecule has 5 heteroatoms. The maximum Gasteiger partial charge on any atom is 0.0939 e. The van der Waals surface area contributed by atoms with Gasteiger partial charge in [0.15, 0.2) is 0 Å². The molecule has 2 heterocycles. The largest absolute Gasteiger partial charge is 0.378 e. The molecule has 5 nitrogen and oxygen atoms in total. The number of ether oxygens (including phenoxy) is 3. The van der Waals surface area contributed by atoms with Crippen molar-refractivity contribution in [3.63, 3.8) is 0 Å². The minimum absolute atomic E-state index is 0.0223. The second-order valence-electron chi connectivity index (χ2n) is 7.01. The van der Waals surface area contributed by atoms with Gasteiger partial charge in [0.1, 0.15) is 0 Å². The molecule has 0 aromatic heterocycles. The van der Waals surface area contributed by atoms with Crippen LogP contribution in [0.25, 0.3) is 0 Å². The molecule has 3 unspecified atom stereocenters. The first-order chi connectivity index (χ1) is 10.2. The Hall–Kier alpha value is -0.200. The van der Waals surface area contributed by atoms with E-state index in [4.69, 9.17) is 20.1 Å². The molecule has 3 N–H and O–H groups in total. The Kier molecular flexibility index (Phi) is 5.17. The molecule has 1 aliphatic carbocycles. The summed E-state index contributed by atoms with van der Waals surface area (Å²) in [5, 5.41) is 0. The highest BCUT2D eigenvalue weighted by Gasteiger charge is 2.43. The highest BCUT2D eigenvalue weighted by atomic mass is 16.6. The van der Waals surface area contributed by atoms with E-state index in [1.165, 1.54) is 19.3 Å². The fraction of sp³-hybridized carbons (Fsp3) is 1.00. The number of hydrazine groups is 1. The summed E-state index contributed by atoms with van der Waals surface area (Å²) in [5.74, 6) is 7.23. The Bertz CT molecular complexity index is 327. The molecular formula is C16H30N2O3. The number of hydrogen-bond acceptors (Lipinski definition) is 5. The average Bonchev–Trinajstić information content (AvgIpc) is 2.89. The van der Waals surface area contributed by atoms with E-state index < -0.39 is 0 Å². The van der Waals surface area contributed by atoms with E-state index in [1.54, 1.807) is 0 Å². The first-order valence-corrected chi connectivity index (χ1v) is 8.54. The van der Waals surface area contributed by atoms with Gasteiger partial charge in [-0.05, 0) is 50.9 Å². The summed E-state index contributed by atoms with van der Waals surface area (Å²) in [7, 11) is 0. The third-order valence-electron chi connectivity index (χ3n) is 5.56. The molecule has 1 spiro atoms. The summed E-state index contributed by atoms with van der Waals surface area (Å²) < 4.78 is 17.2. The average molecular weight is 298 g/mol. The molecule has 3 aliphatic rings. The van der Waals surface area contributed by atoms with Crippen LogP contribution in [-0.4, -0.2) is 44.2 Å². The Morgan fingerprint density at radius 2 is 2.24 bits per heavy atom. The molecular weight excluding hydrogens is 268 g/mol. The third-order valence-corrected chi connectivity index (χ3v) is 5.56. The number of nitrogens with two attached hydrogens (primary N) is 1. The van der Waals surface area contributed by atoms with Crippen molar-refractivity contribution in [2.24, 2.45) is 17.7 Å². The monoisotopic (exact) mass is 298 g/mol. The van der Waals surface area contributed by atoms with Gasteiger partial charge < -0.3 is 14.2 Å². The van der Waals surface area contributed by atoms with E-state index in [2.05, 4.69) is 12.3 Å². The predicted octanol–water partition coefficient (Wildman–Crippen LogP) is 1.61. The summed E-state index contributed by atoms with van der Waals surface area (Å²) in [6, 6.07) is 0.402. The standard InChI is InChI=1S/C16H30N2O3/c1-2-20-14-7-12(8-14)9-15(18-17)13-3-5-21-16(10-13)4-6-19-11-16/h12-15,18H,2-11,17H2,1H3. The molecule has 0 bridgehead atoms. The normalized spacial score (nSPS) is 41.1. The van der Waals surface area contributed by atoms with Crippen molar-refractivity contribution in [3.05, 3.63) is 0 Å². The van der Waals surface area contributed by atoms with Crippen LogP contribution in [0, 0.1) is 11.8 Å². The summed E-state index contributed by atoms with van der Waals surface area (Å²) in [6.45, 7) is 5.35. The Morgan fingerprint density at radius 3 is 2.90 bits per heavy atom. The van der Waals surface area contributed by atoms with Crippen molar-refractivity contribution < 1.29 is 14.2 Å². The van der Waals surface area contributed by atoms with Crippen molar-refractivity contribution in [1.29, 1.82) is 0 Å². The van der Waals surface area contributed by atoms with E-state index in [1.807, 2.05) is 0 Å². The molecule has 122 valence electrons. The molecule has 3 atom stereocenters. The van der Waals surface area contributed by atoms with Crippen LogP contribution in [-0.2, 0) is 14.2 Å². The first kappa shape index (κ1) is 15.7. The molecule has 0 radical (unpaired) electrons. The van der Waals surface area contributed by atoms with Gasteiger partial charge in [-0.3, -0.25) is 11.3 Å². The van der Waals surface area contributed by atoms with Gasteiger partial charge in [-0.25, -0.2) is 0 Å². The van der Waals surface area contributed by atoms with Gasteiger partial charge in [0.2, 0.25) is 0 Å². The Morgan fingerprint density at radius 1 is 1.38 bits per heavy atom. The zero-order valence-corrected chi connectivity index (χ0v) is 13.2. The van der Waals surface area contributed by atoms with Gasteiger partial charge in [-0.1, -0.05) is 0 Å². The fourth-order valence-electron chi connectivity index (χ4n) is 4.27. The van der Waals surface area contributed by atoms with Crippen LogP contribution >= 0.6 is 0 Å². The number of hydrogen-bond donors (Lipinski definition) is 2. The molecule has 0 aromatic rings. The Labute approximate surface area is 127 Å². The van der Waals surface area contributed by atoms with Crippen LogP contribution in [0.1, 0.15) is 45.4 Å². The lowest BCUT2D eigenvalue weighted by molar-refractivity contribution is -0.106. The number of rotatable bonds is 6. The molecule has 0 aromatic carbocycles. The van der Waals surface area contributed by atoms with Gasteiger partial charge in [0, 0.05) is 32.3 Å². The van der Waals surface area contributed by atoms with Gasteiger partial charge in [0.05, 0.1) is 18.3 Å². The molecule has 3 rings (SSSR count). The minimum Gasteiger partial charge on any atom is -0.378 e. The zero-order chi connectivity index (χ0) is 14.7. The summed E-state index contributed by atoms with van der Waals surface area (Å²) in [5.41, 5.74) is 3.06. The topological polar surface area (TPSA) is 65.7 Å². The van der Waals surface area contributed by atoms with Gasteiger partial charge in [-0.2, -0.15) is 0 Å². The maximum atomic E-state index is 6.03. The predicted molar refractivity (Wildman–Crippen MR) is 80.7 cm³/mol. The lowest BCUT2D eigenvalue weighted by atomic mass is 9.73. The van der Waals surface area contributed by atoms with Crippen LogP contribution in [0.5, 0.6) is 0 Å². The van der Waals surface area contributed by atoms with Crippen molar-refractivity contribution in [2.75, 3.05) is 26.4 Å². The summed E-state index contributed by atoms with van der Waals surface area (Å²) in [4.78, 5) is 0. The smallest absolute Gasteiger partial charge is 0.0939 e. The van der Waals surface area contributed by atoms with Crippen LogP contribution in [0.2, 0.25) is 0 Å². The molecule has 0 amide bonds. The van der Waals surface area contributed by atoms with Crippen molar-refractivity contribution in [2.45, 2.75) is 63.2 Å². The van der Waals surface area contributed by atoms with Crippen LogP contribution < -0.4 is 11.3 Å². The van der Waals surface area contributed by atoms with Crippen LogP contribution in [0.4, 0.5) is 0 Å².